The van der Waals surface area contributed by atoms with Crippen LogP contribution in [0.2, 0.25) is 0 Å². The maximum atomic E-state index is 13.0. The number of aromatic nitrogens is 3. The standard InChI is InChI=1S/C17H19N5O2S2/c1-9-3-4-11-19-14-12(15(23)22(11)7-5-9)10(2)13(26-14)20-16(24)21-17-18-6-8-25-17/h6,8-9H,3-5,7H2,1-2H3,(H2,18,20,21,24)/t9-/m0/s1. The Morgan fingerprint density at radius 2 is 2.19 bits per heavy atom. The number of thiophene rings is 1. The van der Waals surface area contributed by atoms with Gasteiger partial charge in [-0.3, -0.25) is 20.0 Å². The van der Waals surface area contributed by atoms with Crippen LogP contribution < -0.4 is 16.2 Å². The number of nitrogens with zero attached hydrogens (tertiary/aromatic N) is 3. The highest BCUT2D eigenvalue weighted by atomic mass is 32.1. The number of amides is 2. The predicted octanol–water partition coefficient (Wildman–Crippen LogP) is 3.84. The number of nitrogens with one attached hydrogen (secondary N) is 2. The van der Waals surface area contributed by atoms with E-state index in [0.29, 0.717) is 32.8 Å². The molecule has 1 aliphatic heterocycles. The lowest BCUT2D eigenvalue weighted by molar-refractivity contribution is 0.262. The Bertz CT molecular complexity index is 1020. The second-order valence-corrected chi connectivity index (χ2v) is 8.46. The highest BCUT2D eigenvalue weighted by molar-refractivity contribution is 7.22. The molecule has 0 fully saturated rings. The van der Waals surface area contributed by atoms with E-state index >= 15 is 0 Å². The summed E-state index contributed by atoms with van der Waals surface area (Å²) in [5.41, 5.74) is 0.769. The van der Waals surface area contributed by atoms with Gasteiger partial charge in [-0.1, -0.05) is 18.3 Å². The molecule has 0 spiro atoms. The number of rotatable bonds is 2. The molecule has 0 aliphatic carbocycles. The van der Waals surface area contributed by atoms with E-state index in [1.807, 2.05) is 11.5 Å². The van der Waals surface area contributed by atoms with Crippen molar-refractivity contribution in [2.75, 3.05) is 10.6 Å². The Morgan fingerprint density at radius 3 is 2.96 bits per heavy atom. The van der Waals surface area contributed by atoms with Crippen molar-refractivity contribution in [1.29, 1.82) is 0 Å². The van der Waals surface area contributed by atoms with Crippen molar-refractivity contribution in [2.24, 2.45) is 5.92 Å². The summed E-state index contributed by atoms with van der Waals surface area (Å²) in [6.45, 7) is 4.78. The van der Waals surface area contributed by atoms with Gasteiger partial charge in [-0.2, -0.15) is 0 Å². The van der Waals surface area contributed by atoms with Gasteiger partial charge in [0.2, 0.25) is 0 Å². The van der Waals surface area contributed by atoms with Crippen LogP contribution in [0, 0.1) is 12.8 Å². The third-order valence-electron chi connectivity index (χ3n) is 4.72. The summed E-state index contributed by atoms with van der Waals surface area (Å²) >= 11 is 2.69. The molecular weight excluding hydrogens is 370 g/mol. The summed E-state index contributed by atoms with van der Waals surface area (Å²) in [5, 5.41) is 9.08. The lowest BCUT2D eigenvalue weighted by Gasteiger charge is -2.08. The van der Waals surface area contributed by atoms with Gasteiger partial charge in [0.1, 0.15) is 15.7 Å². The largest absolute Gasteiger partial charge is 0.326 e. The van der Waals surface area contributed by atoms with Crippen LogP contribution in [0.5, 0.6) is 0 Å². The normalized spacial score (nSPS) is 16.9. The average Bonchev–Trinajstić information content (AvgIpc) is 3.15. The van der Waals surface area contributed by atoms with Gasteiger partial charge in [0.25, 0.3) is 5.56 Å². The Kier molecular flexibility index (Phi) is 4.49. The van der Waals surface area contributed by atoms with Gasteiger partial charge in [0.15, 0.2) is 5.13 Å². The monoisotopic (exact) mass is 389 g/mol. The SMILES string of the molecule is Cc1c(NC(=O)Nc2nccs2)sc2nc3n(c(=O)c12)CC[C@@H](C)CC3. The number of fused-ring (bicyclic) bond motifs is 2. The van der Waals surface area contributed by atoms with Gasteiger partial charge < -0.3 is 0 Å². The number of thiazole rings is 1. The number of carbonyl (C=O) groups is 1. The van der Waals surface area contributed by atoms with Crippen molar-refractivity contribution in [3.63, 3.8) is 0 Å². The van der Waals surface area contributed by atoms with Crippen LogP contribution in [0.15, 0.2) is 16.4 Å². The van der Waals surface area contributed by atoms with Crippen LogP contribution in [0.25, 0.3) is 10.2 Å². The van der Waals surface area contributed by atoms with E-state index < -0.39 is 0 Å². The molecule has 26 heavy (non-hydrogen) atoms. The first kappa shape index (κ1) is 17.2. The molecule has 4 rings (SSSR count). The second kappa shape index (κ2) is 6.81. The molecule has 3 aromatic heterocycles. The molecule has 0 saturated heterocycles. The van der Waals surface area contributed by atoms with Crippen molar-refractivity contribution >= 4 is 49.1 Å². The van der Waals surface area contributed by atoms with Crippen LogP contribution in [-0.2, 0) is 13.0 Å². The minimum absolute atomic E-state index is 0.00114. The van der Waals surface area contributed by atoms with E-state index in [0.717, 1.165) is 30.7 Å². The molecule has 0 aromatic carbocycles. The number of carbonyl (C=O) groups excluding carboxylic acids is 1. The zero-order valence-corrected chi connectivity index (χ0v) is 16.2. The average molecular weight is 390 g/mol. The molecule has 136 valence electrons. The minimum Gasteiger partial charge on any atom is -0.299 e. The lowest BCUT2D eigenvalue weighted by atomic mass is 10.0. The lowest BCUT2D eigenvalue weighted by Crippen LogP contribution is -2.24. The van der Waals surface area contributed by atoms with Gasteiger partial charge >= 0.3 is 6.03 Å². The van der Waals surface area contributed by atoms with Crippen molar-refractivity contribution in [3.05, 3.63) is 33.3 Å². The molecule has 2 N–H and O–H groups in total. The molecule has 1 atom stereocenters. The molecule has 7 nitrogen and oxygen atoms in total. The molecule has 0 unspecified atom stereocenters. The van der Waals surface area contributed by atoms with E-state index in [1.165, 1.54) is 22.7 Å². The van der Waals surface area contributed by atoms with Gasteiger partial charge in [-0.15, -0.1) is 11.3 Å². The first-order chi connectivity index (χ1) is 12.5. The highest BCUT2D eigenvalue weighted by Crippen LogP contribution is 2.33. The van der Waals surface area contributed by atoms with Crippen LogP contribution in [0.1, 0.15) is 31.2 Å². The van der Waals surface area contributed by atoms with Crippen molar-refractivity contribution in [3.8, 4) is 0 Å². The Hall–Kier alpha value is -2.26. The molecule has 2 amide bonds. The van der Waals surface area contributed by atoms with Crippen molar-refractivity contribution in [2.45, 2.75) is 39.7 Å². The number of hydrogen-bond acceptors (Lipinski definition) is 6. The maximum absolute atomic E-state index is 13.0. The molecule has 3 aromatic rings. The molecule has 9 heteroatoms. The number of hydrogen-bond donors (Lipinski definition) is 2. The van der Waals surface area contributed by atoms with Gasteiger partial charge in [0, 0.05) is 24.5 Å². The summed E-state index contributed by atoms with van der Waals surface area (Å²) < 4.78 is 1.81. The van der Waals surface area contributed by atoms with Gasteiger partial charge in [-0.05, 0) is 31.2 Å². The van der Waals surface area contributed by atoms with E-state index in [-0.39, 0.29) is 11.6 Å². The van der Waals surface area contributed by atoms with Gasteiger partial charge in [0.05, 0.1) is 5.39 Å². The molecule has 0 saturated carbocycles. The minimum atomic E-state index is -0.370. The zero-order chi connectivity index (χ0) is 18.3. The number of anilines is 2. The first-order valence-electron chi connectivity index (χ1n) is 8.53. The first-order valence-corrected chi connectivity index (χ1v) is 10.2. The van der Waals surface area contributed by atoms with Gasteiger partial charge in [-0.25, -0.2) is 14.8 Å². The summed E-state index contributed by atoms with van der Waals surface area (Å²) in [7, 11) is 0. The summed E-state index contributed by atoms with van der Waals surface area (Å²) in [4.78, 5) is 34.6. The molecule has 0 radical (unpaired) electrons. The maximum Gasteiger partial charge on any atom is 0.326 e. The molecular formula is C17H19N5O2S2. The fourth-order valence-corrected chi connectivity index (χ4v) is 4.79. The highest BCUT2D eigenvalue weighted by Gasteiger charge is 2.21. The van der Waals surface area contributed by atoms with Crippen LogP contribution in [0.3, 0.4) is 0 Å². The van der Waals surface area contributed by atoms with Crippen molar-refractivity contribution in [1.82, 2.24) is 14.5 Å². The second-order valence-electron chi connectivity index (χ2n) is 6.57. The molecule has 0 bridgehead atoms. The number of urea groups is 1. The zero-order valence-electron chi connectivity index (χ0n) is 14.5. The van der Waals surface area contributed by atoms with Crippen LogP contribution in [-0.4, -0.2) is 20.6 Å². The summed E-state index contributed by atoms with van der Waals surface area (Å²) in [6.07, 6.45) is 4.48. The topological polar surface area (TPSA) is 88.9 Å². The van der Waals surface area contributed by atoms with Crippen LogP contribution in [0.4, 0.5) is 14.9 Å². The summed E-state index contributed by atoms with van der Waals surface area (Å²) in [5.74, 6) is 1.45. The third kappa shape index (κ3) is 3.12. The Balaban J connectivity index is 1.68. The number of aryl methyl sites for hydroxylation is 2. The van der Waals surface area contributed by atoms with E-state index in [4.69, 9.17) is 4.98 Å². The van der Waals surface area contributed by atoms with E-state index in [1.54, 1.807) is 11.6 Å². The third-order valence-corrected chi connectivity index (χ3v) is 6.51. The Labute approximate surface area is 158 Å². The quantitative estimate of drug-likeness (QED) is 0.697. The fraction of sp³-hybridized carbons (Fsp3) is 0.412. The summed E-state index contributed by atoms with van der Waals surface area (Å²) in [6, 6.07) is -0.370. The predicted molar refractivity (Wildman–Crippen MR) is 105 cm³/mol. The van der Waals surface area contributed by atoms with Crippen LogP contribution >= 0.6 is 22.7 Å². The smallest absolute Gasteiger partial charge is 0.299 e. The fourth-order valence-electron chi connectivity index (χ4n) is 3.19. The molecule has 4 heterocycles. The van der Waals surface area contributed by atoms with Crippen molar-refractivity contribution < 1.29 is 4.79 Å². The van der Waals surface area contributed by atoms with E-state index in [9.17, 15) is 9.59 Å². The van der Waals surface area contributed by atoms with E-state index in [2.05, 4.69) is 22.5 Å². The Morgan fingerprint density at radius 1 is 1.35 bits per heavy atom. The molecule has 1 aliphatic rings.